The summed E-state index contributed by atoms with van der Waals surface area (Å²) in [5.41, 5.74) is 2.17. The van der Waals surface area contributed by atoms with E-state index in [0.717, 1.165) is 17.7 Å². The highest BCUT2D eigenvalue weighted by Crippen LogP contribution is 2.23. The summed E-state index contributed by atoms with van der Waals surface area (Å²) in [4.78, 5) is 30.1. The van der Waals surface area contributed by atoms with Gasteiger partial charge in [-0.3, -0.25) is 9.59 Å². The summed E-state index contributed by atoms with van der Waals surface area (Å²) in [5.74, 6) is -0.442. The lowest BCUT2D eigenvalue weighted by Crippen LogP contribution is -2.30. The quantitative estimate of drug-likeness (QED) is 0.500. The zero-order valence-corrected chi connectivity index (χ0v) is 20.2. The highest BCUT2D eigenvalue weighted by Gasteiger charge is 2.23. The maximum absolute atomic E-state index is 13.1. The van der Waals surface area contributed by atoms with Crippen molar-refractivity contribution in [3.8, 4) is 0 Å². The van der Waals surface area contributed by atoms with Crippen LogP contribution >= 0.6 is 0 Å². The van der Waals surface area contributed by atoms with Crippen LogP contribution in [0.25, 0.3) is 10.9 Å². The molecule has 1 amide bonds. The molecule has 3 rings (SSSR count). The van der Waals surface area contributed by atoms with Gasteiger partial charge in [-0.1, -0.05) is 38.1 Å². The average Bonchev–Trinajstić information content (AvgIpc) is 2.77. The highest BCUT2D eigenvalue weighted by molar-refractivity contribution is 7.89. The van der Waals surface area contributed by atoms with Crippen LogP contribution in [0, 0.1) is 0 Å². The van der Waals surface area contributed by atoms with Crippen molar-refractivity contribution in [3.63, 3.8) is 0 Å². The van der Waals surface area contributed by atoms with Crippen LogP contribution in [0.2, 0.25) is 0 Å². The molecular formula is C24H30N4O4S. The molecule has 0 aliphatic rings. The molecule has 8 nitrogen and oxygen atoms in total. The molecule has 0 spiro atoms. The second kappa shape index (κ2) is 10.3. The Morgan fingerprint density at radius 2 is 1.67 bits per heavy atom. The van der Waals surface area contributed by atoms with Gasteiger partial charge in [-0.05, 0) is 43.4 Å². The molecule has 0 bridgehead atoms. The summed E-state index contributed by atoms with van der Waals surface area (Å²) in [6, 6.07) is 13.4. The minimum absolute atomic E-state index is 0.0797. The number of carbonyl (C=O) groups excluding carboxylic acids is 1. The van der Waals surface area contributed by atoms with E-state index in [9.17, 15) is 18.0 Å². The fourth-order valence-corrected chi connectivity index (χ4v) is 5.27. The molecule has 1 heterocycles. The number of H-pyrrole nitrogens is 1. The molecule has 0 radical (unpaired) electrons. The molecule has 0 aliphatic heterocycles. The first kappa shape index (κ1) is 24.6. The van der Waals surface area contributed by atoms with Crippen molar-refractivity contribution in [3.05, 3.63) is 75.6 Å². The number of sulfonamides is 1. The SMILES string of the molecule is CCN(CC)S(=O)(=O)c1ccc2[nH]c(=O)cc(C(=O)NCc3ccccc3CN(C)C)c2c1. The van der Waals surface area contributed by atoms with Crippen molar-refractivity contribution >= 4 is 26.8 Å². The second-order valence-electron chi connectivity index (χ2n) is 8.03. The maximum atomic E-state index is 13.1. The number of aromatic nitrogens is 1. The predicted octanol–water partition coefficient (Wildman–Crippen LogP) is 2.55. The Bertz CT molecular complexity index is 1310. The van der Waals surface area contributed by atoms with Crippen LogP contribution in [0.1, 0.15) is 35.3 Å². The number of hydrogen-bond donors (Lipinski definition) is 2. The lowest BCUT2D eigenvalue weighted by molar-refractivity contribution is 0.0952. The van der Waals surface area contributed by atoms with Crippen LogP contribution in [-0.2, 0) is 23.1 Å². The first-order chi connectivity index (χ1) is 15.7. The van der Waals surface area contributed by atoms with Crippen molar-refractivity contribution in [2.24, 2.45) is 0 Å². The maximum Gasteiger partial charge on any atom is 0.252 e. The van der Waals surface area contributed by atoms with E-state index >= 15 is 0 Å². The highest BCUT2D eigenvalue weighted by atomic mass is 32.2. The van der Waals surface area contributed by atoms with Gasteiger partial charge in [0.05, 0.1) is 10.5 Å². The molecule has 176 valence electrons. The Balaban J connectivity index is 1.97. The zero-order chi connectivity index (χ0) is 24.2. The summed E-state index contributed by atoms with van der Waals surface area (Å²) in [7, 11) is 0.235. The lowest BCUT2D eigenvalue weighted by atomic mass is 10.1. The molecule has 0 fully saturated rings. The molecule has 9 heteroatoms. The second-order valence-corrected chi connectivity index (χ2v) is 9.97. The number of nitrogens with one attached hydrogen (secondary N) is 2. The molecule has 0 unspecified atom stereocenters. The molecule has 0 aliphatic carbocycles. The Morgan fingerprint density at radius 3 is 2.30 bits per heavy atom. The number of amides is 1. The molecular weight excluding hydrogens is 440 g/mol. The zero-order valence-electron chi connectivity index (χ0n) is 19.4. The summed E-state index contributed by atoms with van der Waals surface area (Å²) < 4.78 is 27.3. The predicted molar refractivity (Wildman–Crippen MR) is 130 cm³/mol. The van der Waals surface area contributed by atoms with Gasteiger partial charge in [0.2, 0.25) is 15.6 Å². The topological polar surface area (TPSA) is 103 Å². The number of fused-ring (bicyclic) bond motifs is 1. The number of rotatable bonds is 9. The Morgan fingerprint density at radius 1 is 1.00 bits per heavy atom. The smallest absolute Gasteiger partial charge is 0.252 e. The van der Waals surface area contributed by atoms with Gasteiger partial charge < -0.3 is 15.2 Å². The van der Waals surface area contributed by atoms with Crippen molar-refractivity contribution < 1.29 is 13.2 Å². The number of hydrogen-bond acceptors (Lipinski definition) is 5. The Labute approximate surface area is 194 Å². The molecule has 3 aromatic rings. The first-order valence-corrected chi connectivity index (χ1v) is 12.3. The molecule has 0 saturated heterocycles. The Kier molecular flexibility index (Phi) is 7.68. The summed E-state index contributed by atoms with van der Waals surface area (Å²) in [6.45, 7) is 5.23. The lowest BCUT2D eigenvalue weighted by Gasteiger charge is -2.19. The van der Waals surface area contributed by atoms with Crippen LogP contribution in [0.5, 0.6) is 0 Å². The third kappa shape index (κ3) is 5.50. The normalized spacial score (nSPS) is 11.9. The van der Waals surface area contributed by atoms with E-state index in [1.54, 1.807) is 13.8 Å². The minimum atomic E-state index is -3.71. The van der Waals surface area contributed by atoms with Crippen molar-refractivity contribution in [1.82, 2.24) is 19.5 Å². The largest absolute Gasteiger partial charge is 0.348 e. The standard InChI is InChI=1S/C24H30N4O4S/c1-5-28(6-2)33(31,32)19-11-12-22-20(13-19)21(14-23(29)26-22)24(30)25-15-17-9-7-8-10-18(17)16-27(3)4/h7-14H,5-6,15-16H2,1-4H3,(H,25,30)(H,26,29). The molecule has 2 N–H and O–H groups in total. The fraction of sp³-hybridized carbons (Fsp3) is 0.333. The van der Waals surface area contributed by atoms with Crippen LogP contribution in [0.15, 0.2) is 58.2 Å². The minimum Gasteiger partial charge on any atom is -0.348 e. The van der Waals surface area contributed by atoms with Gasteiger partial charge in [-0.15, -0.1) is 0 Å². The van der Waals surface area contributed by atoms with E-state index in [1.807, 2.05) is 43.3 Å². The molecule has 0 saturated carbocycles. The van der Waals surface area contributed by atoms with Gasteiger partial charge in [0.15, 0.2) is 0 Å². The van der Waals surface area contributed by atoms with E-state index in [2.05, 4.69) is 10.3 Å². The molecule has 2 aromatic carbocycles. The van der Waals surface area contributed by atoms with Crippen LogP contribution in [-0.4, -0.2) is 55.7 Å². The van der Waals surface area contributed by atoms with Gasteiger partial charge in [0.1, 0.15) is 0 Å². The summed E-state index contributed by atoms with van der Waals surface area (Å²) in [6.07, 6.45) is 0. The van der Waals surface area contributed by atoms with Crippen molar-refractivity contribution in [1.29, 1.82) is 0 Å². The van der Waals surface area contributed by atoms with E-state index in [4.69, 9.17) is 0 Å². The van der Waals surface area contributed by atoms with Gasteiger partial charge in [0.25, 0.3) is 5.91 Å². The van der Waals surface area contributed by atoms with E-state index in [1.165, 1.54) is 28.6 Å². The summed E-state index contributed by atoms with van der Waals surface area (Å²) >= 11 is 0. The monoisotopic (exact) mass is 470 g/mol. The van der Waals surface area contributed by atoms with Gasteiger partial charge in [0, 0.05) is 43.1 Å². The van der Waals surface area contributed by atoms with Crippen LogP contribution < -0.4 is 10.9 Å². The van der Waals surface area contributed by atoms with Crippen molar-refractivity contribution in [2.45, 2.75) is 31.8 Å². The Hall–Kier alpha value is -3.01. The number of carbonyl (C=O) groups is 1. The third-order valence-electron chi connectivity index (χ3n) is 5.45. The van der Waals surface area contributed by atoms with E-state index < -0.39 is 21.5 Å². The van der Waals surface area contributed by atoms with Gasteiger partial charge in [-0.25, -0.2) is 8.42 Å². The molecule has 33 heavy (non-hydrogen) atoms. The number of nitrogens with zero attached hydrogens (tertiary/aromatic N) is 2. The van der Waals surface area contributed by atoms with Crippen LogP contribution in [0.4, 0.5) is 0 Å². The summed E-state index contributed by atoms with van der Waals surface area (Å²) in [5, 5.41) is 3.26. The third-order valence-corrected chi connectivity index (χ3v) is 7.49. The van der Waals surface area contributed by atoms with Crippen molar-refractivity contribution in [2.75, 3.05) is 27.2 Å². The van der Waals surface area contributed by atoms with E-state index in [0.29, 0.717) is 24.0 Å². The van der Waals surface area contributed by atoms with Gasteiger partial charge in [-0.2, -0.15) is 4.31 Å². The number of pyridine rings is 1. The van der Waals surface area contributed by atoms with Crippen LogP contribution in [0.3, 0.4) is 0 Å². The average molecular weight is 471 g/mol. The fourth-order valence-electron chi connectivity index (χ4n) is 3.79. The number of aromatic amines is 1. The first-order valence-electron chi connectivity index (χ1n) is 10.8. The van der Waals surface area contributed by atoms with E-state index in [-0.39, 0.29) is 17.0 Å². The number of benzene rings is 2. The molecule has 0 atom stereocenters. The van der Waals surface area contributed by atoms with Gasteiger partial charge >= 0.3 is 0 Å². The molecule has 1 aromatic heterocycles.